The van der Waals surface area contributed by atoms with E-state index in [9.17, 15) is 15.0 Å². The number of hydrogen-bond donors (Lipinski definition) is 2. The third-order valence-electron chi connectivity index (χ3n) is 3.13. The van der Waals surface area contributed by atoms with Crippen LogP contribution in [0, 0.1) is 0 Å². The summed E-state index contributed by atoms with van der Waals surface area (Å²) in [6.45, 7) is 1.93. The van der Waals surface area contributed by atoms with Crippen LogP contribution in [-0.2, 0) is 6.42 Å². The topological polar surface area (TPSA) is 62.5 Å². The van der Waals surface area contributed by atoms with E-state index >= 15 is 0 Å². The summed E-state index contributed by atoms with van der Waals surface area (Å²) >= 11 is 0. The Balaban J connectivity index is 2.20. The molecule has 0 spiro atoms. The summed E-state index contributed by atoms with van der Waals surface area (Å²) in [5, 5.41) is 20.0. The van der Waals surface area contributed by atoms with Gasteiger partial charge in [0, 0.05) is 11.9 Å². The standard InChI is InChI=1S/C15H17NO3/c1-2-12-9-6-10-16(12)15(19)14(18)13(17)11-7-4-3-5-8-11/h3-10,13-14,17-18H,2H2,1H3/t13-,14+/m0/s1. The average Bonchev–Trinajstić information content (AvgIpc) is 2.94. The highest BCUT2D eigenvalue weighted by molar-refractivity contribution is 5.84. The van der Waals surface area contributed by atoms with Crippen LogP contribution >= 0.6 is 0 Å². The Morgan fingerprint density at radius 2 is 1.84 bits per heavy atom. The van der Waals surface area contributed by atoms with Gasteiger partial charge >= 0.3 is 0 Å². The maximum absolute atomic E-state index is 12.2. The minimum absolute atomic E-state index is 0.516. The highest BCUT2D eigenvalue weighted by Gasteiger charge is 2.27. The first-order valence-corrected chi connectivity index (χ1v) is 6.26. The molecular weight excluding hydrogens is 242 g/mol. The Morgan fingerprint density at radius 1 is 1.16 bits per heavy atom. The number of aryl methyl sites for hydroxylation is 1. The number of carbonyl (C=O) groups is 1. The third kappa shape index (κ3) is 2.75. The van der Waals surface area contributed by atoms with Crippen molar-refractivity contribution >= 4 is 5.91 Å². The highest BCUT2D eigenvalue weighted by atomic mass is 16.3. The van der Waals surface area contributed by atoms with Crippen molar-refractivity contribution in [3.63, 3.8) is 0 Å². The number of nitrogens with zero attached hydrogens (tertiary/aromatic N) is 1. The quantitative estimate of drug-likeness (QED) is 0.880. The van der Waals surface area contributed by atoms with Gasteiger partial charge < -0.3 is 10.2 Å². The maximum atomic E-state index is 12.2. The second-order valence-electron chi connectivity index (χ2n) is 4.36. The van der Waals surface area contributed by atoms with Gasteiger partial charge in [0.2, 0.25) is 0 Å². The lowest BCUT2D eigenvalue weighted by atomic mass is 10.0. The zero-order valence-corrected chi connectivity index (χ0v) is 10.7. The highest BCUT2D eigenvalue weighted by Crippen LogP contribution is 2.18. The molecule has 100 valence electrons. The molecule has 2 atom stereocenters. The van der Waals surface area contributed by atoms with Crippen molar-refractivity contribution in [2.45, 2.75) is 25.6 Å². The summed E-state index contributed by atoms with van der Waals surface area (Å²) in [6, 6.07) is 12.2. The van der Waals surface area contributed by atoms with Gasteiger partial charge in [0.15, 0.2) is 6.10 Å². The molecule has 0 radical (unpaired) electrons. The van der Waals surface area contributed by atoms with Gasteiger partial charge in [-0.05, 0) is 24.1 Å². The molecule has 0 amide bonds. The molecular formula is C15H17NO3. The van der Waals surface area contributed by atoms with E-state index in [0.29, 0.717) is 12.0 Å². The van der Waals surface area contributed by atoms with Crippen molar-refractivity contribution in [3.05, 3.63) is 59.9 Å². The molecule has 0 aliphatic rings. The van der Waals surface area contributed by atoms with Gasteiger partial charge in [-0.3, -0.25) is 9.36 Å². The van der Waals surface area contributed by atoms with E-state index in [1.165, 1.54) is 4.57 Å². The zero-order valence-electron chi connectivity index (χ0n) is 10.7. The number of benzene rings is 1. The predicted molar refractivity (Wildman–Crippen MR) is 71.8 cm³/mol. The van der Waals surface area contributed by atoms with Crippen LogP contribution in [0.15, 0.2) is 48.7 Å². The van der Waals surface area contributed by atoms with Crippen LogP contribution in [0.25, 0.3) is 0 Å². The van der Waals surface area contributed by atoms with E-state index in [4.69, 9.17) is 0 Å². The van der Waals surface area contributed by atoms with E-state index in [1.54, 1.807) is 36.5 Å². The molecule has 1 aromatic carbocycles. The Bertz CT molecular complexity index is 548. The lowest BCUT2D eigenvalue weighted by Gasteiger charge is -2.18. The first-order chi connectivity index (χ1) is 9.15. The largest absolute Gasteiger partial charge is 0.385 e. The Labute approximate surface area is 111 Å². The van der Waals surface area contributed by atoms with Gasteiger partial charge in [-0.15, -0.1) is 0 Å². The van der Waals surface area contributed by atoms with Crippen LogP contribution in [-0.4, -0.2) is 26.8 Å². The monoisotopic (exact) mass is 259 g/mol. The van der Waals surface area contributed by atoms with Gasteiger partial charge in [-0.2, -0.15) is 0 Å². The number of rotatable bonds is 4. The molecule has 4 nitrogen and oxygen atoms in total. The van der Waals surface area contributed by atoms with Crippen LogP contribution in [0.1, 0.15) is 29.1 Å². The van der Waals surface area contributed by atoms with Crippen molar-refractivity contribution < 1.29 is 15.0 Å². The second kappa shape index (κ2) is 5.82. The zero-order chi connectivity index (χ0) is 13.8. The van der Waals surface area contributed by atoms with Crippen molar-refractivity contribution in [2.75, 3.05) is 0 Å². The lowest BCUT2D eigenvalue weighted by molar-refractivity contribution is 0.0136. The summed E-state index contributed by atoms with van der Waals surface area (Å²) in [6.07, 6.45) is -0.407. The SMILES string of the molecule is CCc1cccn1C(=O)[C@H](O)[C@@H](O)c1ccccc1. The predicted octanol–water partition coefficient (Wildman–Crippen LogP) is 1.79. The molecule has 2 N–H and O–H groups in total. The molecule has 1 heterocycles. The van der Waals surface area contributed by atoms with E-state index < -0.39 is 18.1 Å². The molecule has 19 heavy (non-hydrogen) atoms. The maximum Gasteiger partial charge on any atom is 0.262 e. The summed E-state index contributed by atoms with van der Waals surface area (Å²) in [7, 11) is 0. The van der Waals surface area contributed by atoms with Crippen molar-refractivity contribution in [2.24, 2.45) is 0 Å². The summed E-state index contributed by atoms with van der Waals surface area (Å²) in [5.74, 6) is -0.516. The van der Waals surface area contributed by atoms with Crippen LogP contribution in [0.2, 0.25) is 0 Å². The van der Waals surface area contributed by atoms with Crippen molar-refractivity contribution in [1.29, 1.82) is 0 Å². The van der Waals surface area contributed by atoms with Crippen molar-refractivity contribution in [1.82, 2.24) is 4.57 Å². The van der Waals surface area contributed by atoms with Crippen LogP contribution in [0.3, 0.4) is 0 Å². The van der Waals surface area contributed by atoms with Gasteiger partial charge in [-0.1, -0.05) is 37.3 Å². The van der Waals surface area contributed by atoms with E-state index in [-0.39, 0.29) is 0 Å². The number of aromatic nitrogens is 1. The molecule has 0 saturated carbocycles. The molecule has 0 aliphatic carbocycles. The first-order valence-electron chi connectivity index (χ1n) is 6.26. The molecule has 0 aliphatic heterocycles. The Morgan fingerprint density at radius 3 is 2.47 bits per heavy atom. The molecule has 0 saturated heterocycles. The van der Waals surface area contributed by atoms with Crippen molar-refractivity contribution in [3.8, 4) is 0 Å². The summed E-state index contributed by atoms with van der Waals surface area (Å²) < 4.78 is 1.39. The molecule has 0 fully saturated rings. The summed E-state index contributed by atoms with van der Waals surface area (Å²) in [4.78, 5) is 12.2. The minimum Gasteiger partial charge on any atom is -0.385 e. The summed E-state index contributed by atoms with van der Waals surface area (Å²) in [5.41, 5.74) is 1.33. The number of aliphatic hydroxyl groups excluding tert-OH is 2. The normalized spacial score (nSPS) is 14.1. The molecule has 2 rings (SSSR count). The molecule has 0 bridgehead atoms. The average molecular weight is 259 g/mol. The first kappa shape index (κ1) is 13.5. The third-order valence-corrected chi connectivity index (χ3v) is 3.13. The fourth-order valence-corrected chi connectivity index (χ4v) is 2.03. The fraction of sp³-hybridized carbons (Fsp3) is 0.267. The number of aliphatic hydroxyl groups is 2. The number of carbonyl (C=O) groups excluding carboxylic acids is 1. The second-order valence-corrected chi connectivity index (χ2v) is 4.36. The van der Waals surface area contributed by atoms with Gasteiger partial charge in [0.1, 0.15) is 6.10 Å². The Kier molecular flexibility index (Phi) is 4.14. The fourth-order valence-electron chi connectivity index (χ4n) is 2.03. The van der Waals surface area contributed by atoms with E-state index in [0.717, 1.165) is 5.69 Å². The van der Waals surface area contributed by atoms with Gasteiger partial charge in [-0.25, -0.2) is 0 Å². The molecule has 0 unspecified atom stereocenters. The van der Waals surface area contributed by atoms with Gasteiger partial charge in [0.25, 0.3) is 5.91 Å². The van der Waals surface area contributed by atoms with E-state index in [2.05, 4.69) is 0 Å². The Hall–Kier alpha value is -1.91. The lowest BCUT2D eigenvalue weighted by Crippen LogP contribution is -2.32. The van der Waals surface area contributed by atoms with E-state index in [1.807, 2.05) is 19.1 Å². The van der Waals surface area contributed by atoms with Crippen LogP contribution in [0.4, 0.5) is 0 Å². The molecule has 4 heteroatoms. The van der Waals surface area contributed by atoms with Gasteiger partial charge in [0.05, 0.1) is 0 Å². The minimum atomic E-state index is -1.47. The number of hydrogen-bond acceptors (Lipinski definition) is 3. The molecule has 2 aromatic rings. The molecule has 1 aromatic heterocycles. The smallest absolute Gasteiger partial charge is 0.262 e. The van der Waals surface area contributed by atoms with Crippen LogP contribution < -0.4 is 0 Å². The van der Waals surface area contributed by atoms with Crippen LogP contribution in [0.5, 0.6) is 0 Å².